The Bertz CT molecular complexity index is 893. The summed E-state index contributed by atoms with van der Waals surface area (Å²) in [5, 5.41) is 17.2. The largest absolute Gasteiger partial charge is 0.508 e. The molecule has 28 heavy (non-hydrogen) atoms. The number of phenols is 1. The Balaban J connectivity index is 1.24. The lowest BCUT2D eigenvalue weighted by Gasteiger charge is -2.26. The number of aryl methyl sites for hydroxylation is 1. The van der Waals surface area contributed by atoms with E-state index in [1.807, 2.05) is 30.5 Å². The second kappa shape index (κ2) is 9.00. The zero-order valence-corrected chi connectivity index (χ0v) is 16.1. The Morgan fingerprint density at radius 1 is 0.893 bits per heavy atom. The van der Waals surface area contributed by atoms with Crippen LogP contribution in [0, 0.1) is 0 Å². The fourth-order valence-corrected chi connectivity index (χ4v) is 3.82. The van der Waals surface area contributed by atoms with Crippen molar-refractivity contribution >= 4 is 0 Å². The van der Waals surface area contributed by atoms with Crippen LogP contribution in [0.15, 0.2) is 66.9 Å². The van der Waals surface area contributed by atoms with Crippen LogP contribution in [0.25, 0.3) is 0 Å². The molecule has 1 aliphatic rings. The number of nitrogens with zero attached hydrogens (tertiary/aromatic N) is 1. The molecule has 1 atom stereocenters. The van der Waals surface area contributed by atoms with Crippen LogP contribution < -0.4 is 10.6 Å². The lowest BCUT2D eigenvalue weighted by atomic mass is 9.87. The average molecular weight is 374 g/mol. The van der Waals surface area contributed by atoms with Crippen molar-refractivity contribution in [2.24, 2.45) is 0 Å². The summed E-state index contributed by atoms with van der Waals surface area (Å²) < 4.78 is 0. The van der Waals surface area contributed by atoms with Crippen molar-refractivity contribution in [3.63, 3.8) is 0 Å². The number of pyridine rings is 1. The maximum absolute atomic E-state index is 10.1. The van der Waals surface area contributed by atoms with Crippen LogP contribution in [0.3, 0.4) is 0 Å². The third-order valence-corrected chi connectivity index (χ3v) is 5.44. The summed E-state index contributed by atoms with van der Waals surface area (Å²) in [7, 11) is 0. The lowest BCUT2D eigenvalue weighted by Crippen LogP contribution is -2.34. The molecule has 4 heteroatoms. The number of phenolic OH excluding ortho intramolecular Hbond substituents is 1. The fraction of sp³-hybridized carbons (Fsp3) is 0.292. The second-order valence-corrected chi connectivity index (χ2v) is 7.48. The van der Waals surface area contributed by atoms with E-state index in [1.54, 1.807) is 6.07 Å². The summed E-state index contributed by atoms with van der Waals surface area (Å²) in [4.78, 5) is 4.33. The molecule has 144 valence electrons. The van der Waals surface area contributed by atoms with Crippen molar-refractivity contribution in [1.29, 1.82) is 0 Å². The second-order valence-electron chi connectivity index (χ2n) is 7.48. The van der Waals surface area contributed by atoms with Crippen LogP contribution in [0.2, 0.25) is 0 Å². The predicted molar refractivity (Wildman–Crippen MR) is 112 cm³/mol. The van der Waals surface area contributed by atoms with Gasteiger partial charge in [-0.3, -0.25) is 4.98 Å². The minimum atomic E-state index is 0.417. The Morgan fingerprint density at radius 2 is 1.71 bits per heavy atom. The van der Waals surface area contributed by atoms with Crippen molar-refractivity contribution in [2.45, 2.75) is 44.9 Å². The quantitative estimate of drug-likeness (QED) is 0.591. The van der Waals surface area contributed by atoms with Crippen molar-refractivity contribution in [2.75, 3.05) is 0 Å². The number of hydrogen-bond donors (Lipinski definition) is 3. The molecule has 2 aromatic carbocycles. The van der Waals surface area contributed by atoms with Gasteiger partial charge in [-0.05, 0) is 59.7 Å². The zero-order valence-electron chi connectivity index (χ0n) is 16.1. The number of rotatable bonds is 7. The highest BCUT2D eigenvalue weighted by Crippen LogP contribution is 2.28. The number of nitrogens with one attached hydrogen (secondary N) is 2. The standard InChI is InChI=1S/C24H27N3O/c28-24-6-3-4-20-11-12-21(14-23(20)24)27-16-19-9-7-18(8-10-19)15-25-17-22-5-1-2-13-26-22/h1-10,13,21,25,27-28H,11-12,14-17H2. The van der Waals surface area contributed by atoms with Gasteiger partial charge in [0.25, 0.3) is 0 Å². The summed E-state index contributed by atoms with van der Waals surface area (Å²) in [6, 6.07) is 21.0. The smallest absolute Gasteiger partial charge is 0.119 e. The topological polar surface area (TPSA) is 57.2 Å². The lowest BCUT2D eigenvalue weighted by molar-refractivity contribution is 0.426. The zero-order chi connectivity index (χ0) is 19.2. The van der Waals surface area contributed by atoms with E-state index in [2.05, 4.69) is 45.9 Å². The van der Waals surface area contributed by atoms with Gasteiger partial charge >= 0.3 is 0 Å². The SMILES string of the molecule is Oc1cccc2c1CC(NCc1ccc(CNCc3ccccn3)cc1)CC2. The monoisotopic (exact) mass is 373 g/mol. The highest BCUT2D eigenvalue weighted by atomic mass is 16.3. The van der Waals surface area contributed by atoms with E-state index in [-0.39, 0.29) is 0 Å². The van der Waals surface area contributed by atoms with E-state index in [1.165, 1.54) is 16.7 Å². The molecule has 0 bridgehead atoms. The van der Waals surface area contributed by atoms with E-state index in [0.717, 1.165) is 50.2 Å². The Hall–Kier alpha value is -2.69. The van der Waals surface area contributed by atoms with Crippen molar-refractivity contribution in [1.82, 2.24) is 15.6 Å². The molecule has 1 aliphatic carbocycles. The van der Waals surface area contributed by atoms with Gasteiger partial charge in [0.1, 0.15) is 5.75 Å². The first-order chi connectivity index (χ1) is 13.8. The molecule has 3 aromatic rings. The Labute approximate surface area is 166 Å². The number of fused-ring (bicyclic) bond motifs is 1. The van der Waals surface area contributed by atoms with Crippen LogP contribution in [-0.4, -0.2) is 16.1 Å². The minimum absolute atomic E-state index is 0.417. The van der Waals surface area contributed by atoms with Gasteiger partial charge < -0.3 is 15.7 Å². The molecule has 0 radical (unpaired) electrons. The van der Waals surface area contributed by atoms with Gasteiger partial charge in [-0.15, -0.1) is 0 Å². The van der Waals surface area contributed by atoms with Gasteiger partial charge in [0.2, 0.25) is 0 Å². The minimum Gasteiger partial charge on any atom is -0.508 e. The number of aromatic hydroxyl groups is 1. The Kier molecular flexibility index (Phi) is 6.00. The van der Waals surface area contributed by atoms with Gasteiger partial charge in [0, 0.05) is 31.9 Å². The molecule has 4 nitrogen and oxygen atoms in total. The number of hydrogen-bond acceptors (Lipinski definition) is 4. The molecule has 0 aliphatic heterocycles. The maximum atomic E-state index is 10.1. The third kappa shape index (κ3) is 4.77. The highest BCUT2D eigenvalue weighted by molar-refractivity contribution is 5.41. The molecular formula is C24H27N3O. The molecule has 0 fully saturated rings. The molecule has 3 N–H and O–H groups in total. The molecule has 0 saturated carbocycles. The van der Waals surface area contributed by atoms with Crippen molar-refractivity contribution < 1.29 is 5.11 Å². The van der Waals surface area contributed by atoms with Crippen LogP contribution >= 0.6 is 0 Å². The van der Waals surface area contributed by atoms with Crippen molar-refractivity contribution in [3.05, 3.63) is 94.8 Å². The molecule has 1 heterocycles. The first-order valence-electron chi connectivity index (χ1n) is 9.99. The van der Waals surface area contributed by atoms with E-state index >= 15 is 0 Å². The first-order valence-corrected chi connectivity index (χ1v) is 9.99. The van der Waals surface area contributed by atoms with Crippen LogP contribution in [0.1, 0.15) is 34.4 Å². The summed E-state index contributed by atoms with van der Waals surface area (Å²) in [6.07, 6.45) is 4.87. The number of benzene rings is 2. The average Bonchev–Trinajstić information content (AvgIpc) is 2.74. The van der Waals surface area contributed by atoms with E-state index in [9.17, 15) is 5.11 Å². The molecule has 0 saturated heterocycles. The molecule has 4 rings (SSSR count). The van der Waals surface area contributed by atoms with Crippen LogP contribution in [0.4, 0.5) is 0 Å². The van der Waals surface area contributed by atoms with Gasteiger partial charge in [-0.2, -0.15) is 0 Å². The third-order valence-electron chi connectivity index (χ3n) is 5.44. The summed E-state index contributed by atoms with van der Waals surface area (Å²) in [5.74, 6) is 0.437. The highest BCUT2D eigenvalue weighted by Gasteiger charge is 2.20. The molecule has 1 aromatic heterocycles. The van der Waals surface area contributed by atoms with Gasteiger partial charge in [-0.1, -0.05) is 42.5 Å². The predicted octanol–water partition coefficient (Wildman–Crippen LogP) is 3.72. The summed E-state index contributed by atoms with van der Waals surface area (Å²) >= 11 is 0. The normalized spacial score (nSPS) is 15.9. The van der Waals surface area contributed by atoms with E-state index in [0.29, 0.717) is 11.8 Å². The van der Waals surface area contributed by atoms with Crippen molar-refractivity contribution in [3.8, 4) is 5.75 Å². The summed E-state index contributed by atoms with van der Waals surface area (Å²) in [5.41, 5.74) is 6.03. The molecular weight excluding hydrogens is 346 g/mol. The van der Waals surface area contributed by atoms with Gasteiger partial charge in [0.05, 0.1) is 5.69 Å². The Morgan fingerprint density at radius 3 is 2.50 bits per heavy atom. The van der Waals surface area contributed by atoms with Gasteiger partial charge in [0.15, 0.2) is 0 Å². The van der Waals surface area contributed by atoms with Crippen LogP contribution in [0.5, 0.6) is 5.75 Å². The fourth-order valence-electron chi connectivity index (χ4n) is 3.82. The number of aromatic nitrogens is 1. The van der Waals surface area contributed by atoms with Gasteiger partial charge in [-0.25, -0.2) is 0 Å². The molecule has 0 amide bonds. The first kappa shape index (κ1) is 18.7. The maximum Gasteiger partial charge on any atom is 0.119 e. The molecule has 1 unspecified atom stereocenters. The van der Waals surface area contributed by atoms with E-state index < -0.39 is 0 Å². The van der Waals surface area contributed by atoms with Crippen LogP contribution in [-0.2, 0) is 32.5 Å². The molecule has 0 spiro atoms. The van der Waals surface area contributed by atoms with E-state index in [4.69, 9.17) is 0 Å². The summed E-state index contributed by atoms with van der Waals surface area (Å²) in [6.45, 7) is 2.47.